The molecule has 2 nitrogen and oxygen atoms in total. The third kappa shape index (κ3) is 2.35. The van der Waals surface area contributed by atoms with Crippen molar-refractivity contribution in [1.82, 2.24) is 0 Å². The molecule has 0 atom stereocenters. The quantitative estimate of drug-likeness (QED) is 0.772. The van der Waals surface area contributed by atoms with Crippen molar-refractivity contribution in [3.63, 3.8) is 0 Å². The number of rotatable bonds is 4. The molecular formula is C11H13BrO2. The fourth-order valence-corrected chi connectivity index (χ4v) is 1.78. The zero-order chi connectivity index (χ0) is 10.6. The van der Waals surface area contributed by atoms with Gasteiger partial charge in [-0.3, -0.25) is 4.79 Å². The normalized spacial score (nSPS) is 9.93. The lowest BCUT2D eigenvalue weighted by Gasteiger charge is -2.08. The van der Waals surface area contributed by atoms with E-state index >= 15 is 0 Å². The van der Waals surface area contributed by atoms with Crippen LogP contribution in [0.3, 0.4) is 0 Å². The number of benzene rings is 1. The van der Waals surface area contributed by atoms with Crippen LogP contribution in [0.2, 0.25) is 0 Å². The van der Waals surface area contributed by atoms with Crippen LogP contribution in [0.1, 0.15) is 30.6 Å². The van der Waals surface area contributed by atoms with Gasteiger partial charge < -0.3 is 4.74 Å². The molecule has 0 bridgehead atoms. The Morgan fingerprint density at radius 2 is 2.14 bits per heavy atom. The zero-order valence-corrected chi connectivity index (χ0v) is 9.93. The summed E-state index contributed by atoms with van der Waals surface area (Å²) < 4.78 is 6.13. The average molecular weight is 257 g/mol. The summed E-state index contributed by atoms with van der Waals surface area (Å²) >= 11 is 3.38. The summed E-state index contributed by atoms with van der Waals surface area (Å²) in [6, 6.07) is 5.48. The van der Waals surface area contributed by atoms with Gasteiger partial charge in [0, 0.05) is 12.0 Å². The van der Waals surface area contributed by atoms with Crippen LogP contribution in [-0.2, 0) is 0 Å². The van der Waals surface area contributed by atoms with E-state index in [0.717, 1.165) is 10.2 Å². The molecule has 1 aromatic carbocycles. The number of Topliss-reactive ketones (excluding diaryl/α,β-unsaturated/α-hetero) is 1. The first-order valence-corrected chi connectivity index (χ1v) is 5.44. The minimum Gasteiger partial charge on any atom is -0.493 e. The Balaban J connectivity index is 3.07. The third-order valence-corrected chi connectivity index (χ3v) is 2.70. The summed E-state index contributed by atoms with van der Waals surface area (Å²) in [6.45, 7) is 4.37. The maximum absolute atomic E-state index is 11.5. The number of ketones is 1. The molecule has 0 N–H and O–H groups in total. The monoisotopic (exact) mass is 256 g/mol. The highest BCUT2D eigenvalue weighted by molar-refractivity contribution is 9.10. The highest BCUT2D eigenvalue weighted by atomic mass is 79.9. The van der Waals surface area contributed by atoms with E-state index < -0.39 is 0 Å². The first kappa shape index (κ1) is 11.2. The summed E-state index contributed by atoms with van der Waals surface area (Å²) in [5.74, 6) is 0.852. The van der Waals surface area contributed by atoms with E-state index in [4.69, 9.17) is 4.74 Å². The molecule has 0 aliphatic heterocycles. The van der Waals surface area contributed by atoms with Crippen molar-refractivity contribution in [3.05, 3.63) is 28.2 Å². The second kappa shape index (κ2) is 5.15. The minimum absolute atomic E-state index is 0.124. The van der Waals surface area contributed by atoms with E-state index in [-0.39, 0.29) is 5.78 Å². The molecule has 3 heteroatoms. The van der Waals surface area contributed by atoms with Crippen LogP contribution < -0.4 is 4.74 Å². The second-order valence-electron chi connectivity index (χ2n) is 2.83. The van der Waals surface area contributed by atoms with Gasteiger partial charge in [0.15, 0.2) is 5.78 Å². The Kier molecular flexibility index (Phi) is 4.14. The van der Waals surface area contributed by atoms with E-state index in [0.29, 0.717) is 18.6 Å². The van der Waals surface area contributed by atoms with E-state index in [2.05, 4.69) is 15.9 Å². The van der Waals surface area contributed by atoms with Crippen molar-refractivity contribution in [2.24, 2.45) is 0 Å². The van der Waals surface area contributed by atoms with Crippen LogP contribution in [0.4, 0.5) is 0 Å². The fourth-order valence-electron chi connectivity index (χ4n) is 1.18. The first-order chi connectivity index (χ1) is 6.70. The molecule has 0 saturated carbocycles. The Labute approximate surface area is 92.4 Å². The van der Waals surface area contributed by atoms with Crippen molar-refractivity contribution in [2.75, 3.05) is 6.61 Å². The lowest BCUT2D eigenvalue weighted by atomic mass is 10.1. The van der Waals surface area contributed by atoms with Crippen LogP contribution in [0.5, 0.6) is 5.75 Å². The van der Waals surface area contributed by atoms with Crippen LogP contribution in [0.15, 0.2) is 22.7 Å². The van der Waals surface area contributed by atoms with Gasteiger partial charge in [-0.05, 0) is 35.0 Å². The predicted molar refractivity (Wildman–Crippen MR) is 59.9 cm³/mol. The van der Waals surface area contributed by atoms with E-state index in [1.165, 1.54) is 0 Å². The van der Waals surface area contributed by atoms with Crippen molar-refractivity contribution >= 4 is 21.7 Å². The summed E-state index contributed by atoms with van der Waals surface area (Å²) in [6.07, 6.45) is 0.508. The molecule has 0 aromatic heterocycles. The Bertz CT molecular complexity index is 334. The summed E-state index contributed by atoms with van der Waals surface area (Å²) in [5.41, 5.74) is 0.693. The van der Waals surface area contributed by atoms with Gasteiger partial charge in [-0.1, -0.05) is 13.0 Å². The lowest BCUT2D eigenvalue weighted by molar-refractivity contribution is 0.0987. The van der Waals surface area contributed by atoms with Crippen LogP contribution in [-0.4, -0.2) is 12.4 Å². The number of carbonyl (C=O) groups excluding carboxylic acids is 1. The molecule has 0 saturated heterocycles. The highest BCUT2D eigenvalue weighted by Gasteiger charge is 2.11. The van der Waals surface area contributed by atoms with Crippen LogP contribution in [0, 0.1) is 0 Å². The number of ether oxygens (including phenoxy) is 1. The van der Waals surface area contributed by atoms with Crippen molar-refractivity contribution < 1.29 is 9.53 Å². The minimum atomic E-state index is 0.124. The van der Waals surface area contributed by atoms with Gasteiger partial charge in [0.05, 0.1) is 11.1 Å². The van der Waals surface area contributed by atoms with Gasteiger partial charge in [0.1, 0.15) is 5.75 Å². The lowest BCUT2D eigenvalue weighted by Crippen LogP contribution is -2.00. The van der Waals surface area contributed by atoms with Crippen LogP contribution in [0.25, 0.3) is 0 Å². The molecule has 1 aromatic rings. The van der Waals surface area contributed by atoms with Gasteiger partial charge in [0.25, 0.3) is 0 Å². The SMILES string of the molecule is CCOc1cccc(C(=O)CC)c1Br. The van der Waals surface area contributed by atoms with Gasteiger partial charge >= 0.3 is 0 Å². The molecule has 14 heavy (non-hydrogen) atoms. The Morgan fingerprint density at radius 1 is 1.43 bits per heavy atom. The smallest absolute Gasteiger partial charge is 0.163 e. The molecule has 0 amide bonds. The molecule has 1 rings (SSSR count). The van der Waals surface area contributed by atoms with Gasteiger partial charge in [-0.2, -0.15) is 0 Å². The standard InChI is InChI=1S/C11H13BrO2/c1-3-9(13)8-6-5-7-10(11(8)12)14-4-2/h5-7H,3-4H2,1-2H3. The van der Waals surface area contributed by atoms with E-state index in [9.17, 15) is 4.79 Å². The fraction of sp³-hybridized carbons (Fsp3) is 0.364. The molecule has 0 heterocycles. The number of halogens is 1. The Morgan fingerprint density at radius 3 is 2.71 bits per heavy atom. The van der Waals surface area contributed by atoms with Crippen molar-refractivity contribution in [2.45, 2.75) is 20.3 Å². The average Bonchev–Trinajstić information content (AvgIpc) is 2.20. The van der Waals surface area contributed by atoms with E-state index in [1.807, 2.05) is 26.0 Å². The molecule has 0 fully saturated rings. The maximum Gasteiger partial charge on any atom is 0.163 e. The highest BCUT2D eigenvalue weighted by Crippen LogP contribution is 2.29. The predicted octanol–water partition coefficient (Wildman–Crippen LogP) is 3.44. The number of carbonyl (C=O) groups is 1. The largest absolute Gasteiger partial charge is 0.493 e. The number of hydrogen-bond donors (Lipinski definition) is 0. The summed E-state index contributed by atoms with van der Waals surface area (Å²) in [4.78, 5) is 11.5. The van der Waals surface area contributed by atoms with E-state index in [1.54, 1.807) is 6.07 Å². The Hall–Kier alpha value is -0.830. The van der Waals surface area contributed by atoms with Crippen molar-refractivity contribution in [3.8, 4) is 5.75 Å². The summed E-state index contributed by atoms with van der Waals surface area (Å²) in [7, 11) is 0. The van der Waals surface area contributed by atoms with Crippen molar-refractivity contribution in [1.29, 1.82) is 0 Å². The molecule has 0 radical (unpaired) electrons. The van der Waals surface area contributed by atoms with Crippen LogP contribution >= 0.6 is 15.9 Å². The van der Waals surface area contributed by atoms with Gasteiger partial charge in [0.2, 0.25) is 0 Å². The molecule has 0 aliphatic rings. The summed E-state index contributed by atoms with van der Waals surface area (Å²) in [5, 5.41) is 0. The third-order valence-electron chi connectivity index (χ3n) is 1.88. The number of hydrogen-bond acceptors (Lipinski definition) is 2. The molecule has 0 unspecified atom stereocenters. The zero-order valence-electron chi connectivity index (χ0n) is 8.34. The van der Waals surface area contributed by atoms with Gasteiger partial charge in [-0.25, -0.2) is 0 Å². The molecule has 0 spiro atoms. The second-order valence-corrected chi connectivity index (χ2v) is 3.62. The first-order valence-electron chi connectivity index (χ1n) is 4.65. The maximum atomic E-state index is 11.5. The molecule has 0 aliphatic carbocycles. The topological polar surface area (TPSA) is 26.3 Å². The van der Waals surface area contributed by atoms with Gasteiger partial charge in [-0.15, -0.1) is 0 Å². The molecular weight excluding hydrogens is 244 g/mol. The molecule has 76 valence electrons.